The van der Waals surface area contributed by atoms with Crippen molar-refractivity contribution in [2.24, 2.45) is 0 Å². The molecule has 1 aliphatic heterocycles. The van der Waals surface area contributed by atoms with Crippen LogP contribution in [-0.2, 0) is 4.74 Å². The Bertz CT molecular complexity index is 487. The van der Waals surface area contributed by atoms with E-state index in [1.54, 1.807) is 18.2 Å². The summed E-state index contributed by atoms with van der Waals surface area (Å²) in [6.45, 7) is 1.12. The molecule has 2 rings (SSSR count). The molecule has 0 atom stereocenters. The second-order valence-electron chi connectivity index (χ2n) is 3.89. The van der Waals surface area contributed by atoms with Gasteiger partial charge in [-0.3, -0.25) is 0 Å². The maximum Gasteiger partial charge on any atom is 0.339 e. The van der Waals surface area contributed by atoms with Crippen molar-refractivity contribution in [1.82, 2.24) is 0 Å². The van der Waals surface area contributed by atoms with Crippen molar-refractivity contribution in [3.63, 3.8) is 0 Å². The zero-order valence-corrected chi connectivity index (χ0v) is 9.38. The molecule has 1 aromatic rings. The lowest BCUT2D eigenvalue weighted by Crippen LogP contribution is -2.50. The molecule has 0 spiro atoms. The summed E-state index contributed by atoms with van der Waals surface area (Å²) in [5.41, 5.74) is 1.38. The topological polar surface area (TPSA) is 73.6 Å². The number of benzene rings is 1. The Morgan fingerprint density at radius 3 is 2.82 bits per heavy atom. The van der Waals surface area contributed by atoms with Crippen molar-refractivity contribution in [3.05, 3.63) is 29.3 Å². The summed E-state index contributed by atoms with van der Waals surface area (Å²) in [6, 6.07) is 6.94. The number of esters is 1. The van der Waals surface area contributed by atoms with Crippen molar-refractivity contribution < 1.29 is 14.6 Å². The molecule has 0 unspecified atom stereocenters. The first-order chi connectivity index (χ1) is 8.15. The van der Waals surface area contributed by atoms with Crippen LogP contribution in [0.3, 0.4) is 0 Å². The molecule has 1 aliphatic rings. The van der Waals surface area contributed by atoms with Crippen LogP contribution in [0.25, 0.3) is 0 Å². The first-order valence-corrected chi connectivity index (χ1v) is 5.21. The highest BCUT2D eigenvalue weighted by molar-refractivity contribution is 5.92. The van der Waals surface area contributed by atoms with Crippen LogP contribution < -0.4 is 4.90 Å². The van der Waals surface area contributed by atoms with Gasteiger partial charge < -0.3 is 14.7 Å². The minimum absolute atomic E-state index is 0.264. The number of nitriles is 1. The maximum atomic E-state index is 11.4. The number of hydrogen-bond donors (Lipinski definition) is 1. The van der Waals surface area contributed by atoms with Crippen molar-refractivity contribution in [1.29, 1.82) is 5.26 Å². The van der Waals surface area contributed by atoms with Crippen LogP contribution in [0, 0.1) is 11.3 Å². The Labute approximate surface area is 98.8 Å². The average Bonchev–Trinajstić information content (AvgIpc) is 2.33. The predicted octanol–water partition coefficient (Wildman–Crippen LogP) is 0.526. The lowest BCUT2D eigenvalue weighted by atomic mass is 10.0. The van der Waals surface area contributed by atoms with Gasteiger partial charge in [-0.1, -0.05) is 0 Å². The van der Waals surface area contributed by atoms with Gasteiger partial charge in [0.15, 0.2) is 0 Å². The van der Waals surface area contributed by atoms with Gasteiger partial charge in [-0.25, -0.2) is 4.79 Å². The molecular weight excluding hydrogens is 220 g/mol. The number of aliphatic hydroxyl groups excluding tert-OH is 1. The molecule has 1 N–H and O–H groups in total. The van der Waals surface area contributed by atoms with Gasteiger partial charge in [0, 0.05) is 18.8 Å². The number of β-amino-alcohol motifs (C(OH)–C–C–N with tert-alkyl or cyclic N) is 1. The lowest BCUT2D eigenvalue weighted by Gasteiger charge is -2.38. The molecule has 0 bridgehead atoms. The Morgan fingerprint density at radius 2 is 2.29 bits per heavy atom. The SMILES string of the molecule is COC(=O)c1ccc(N2CC(O)C2)cc1C#N. The van der Waals surface area contributed by atoms with Gasteiger partial charge in [-0.05, 0) is 18.2 Å². The van der Waals surface area contributed by atoms with E-state index in [4.69, 9.17) is 5.26 Å². The summed E-state index contributed by atoms with van der Waals surface area (Å²) in [5, 5.41) is 18.2. The van der Waals surface area contributed by atoms with Crippen molar-refractivity contribution in [3.8, 4) is 6.07 Å². The quantitative estimate of drug-likeness (QED) is 0.753. The van der Waals surface area contributed by atoms with Gasteiger partial charge in [0.25, 0.3) is 0 Å². The summed E-state index contributed by atoms with van der Waals surface area (Å²) in [6.07, 6.45) is -0.305. The fourth-order valence-corrected chi connectivity index (χ4v) is 1.78. The second-order valence-corrected chi connectivity index (χ2v) is 3.89. The van der Waals surface area contributed by atoms with Crippen molar-refractivity contribution >= 4 is 11.7 Å². The zero-order chi connectivity index (χ0) is 12.4. The van der Waals surface area contributed by atoms with Crippen LogP contribution in [0.4, 0.5) is 5.69 Å². The number of carbonyl (C=O) groups is 1. The highest BCUT2D eigenvalue weighted by Crippen LogP contribution is 2.24. The first kappa shape index (κ1) is 11.4. The van der Waals surface area contributed by atoms with Gasteiger partial charge in [0.1, 0.15) is 6.07 Å². The summed E-state index contributed by atoms with van der Waals surface area (Å²) < 4.78 is 4.59. The molecule has 0 aromatic heterocycles. The average molecular weight is 232 g/mol. The monoisotopic (exact) mass is 232 g/mol. The second kappa shape index (κ2) is 4.44. The van der Waals surface area contributed by atoms with E-state index in [0.29, 0.717) is 13.1 Å². The highest BCUT2D eigenvalue weighted by Gasteiger charge is 2.25. The number of carbonyl (C=O) groups excluding carboxylic acids is 1. The highest BCUT2D eigenvalue weighted by atomic mass is 16.5. The fourth-order valence-electron chi connectivity index (χ4n) is 1.78. The largest absolute Gasteiger partial charge is 0.465 e. The van der Waals surface area contributed by atoms with E-state index < -0.39 is 5.97 Å². The van der Waals surface area contributed by atoms with E-state index in [-0.39, 0.29) is 17.2 Å². The fraction of sp³-hybridized carbons (Fsp3) is 0.333. The molecule has 88 valence electrons. The Morgan fingerprint density at radius 1 is 1.59 bits per heavy atom. The number of anilines is 1. The van der Waals surface area contributed by atoms with E-state index in [1.807, 2.05) is 11.0 Å². The van der Waals surface area contributed by atoms with Crippen molar-refractivity contribution in [2.45, 2.75) is 6.10 Å². The third-order valence-electron chi connectivity index (χ3n) is 2.76. The molecule has 1 aromatic carbocycles. The van der Waals surface area contributed by atoms with Crippen LogP contribution in [-0.4, -0.2) is 37.4 Å². The van der Waals surface area contributed by atoms with E-state index >= 15 is 0 Å². The molecule has 0 saturated carbocycles. The molecule has 5 nitrogen and oxygen atoms in total. The number of hydrogen-bond acceptors (Lipinski definition) is 5. The summed E-state index contributed by atoms with van der Waals surface area (Å²) in [7, 11) is 1.28. The van der Waals surface area contributed by atoms with Gasteiger partial charge in [0.2, 0.25) is 0 Å². The van der Waals surface area contributed by atoms with Crippen LogP contribution in [0.15, 0.2) is 18.2 Å². The van der Waals surface area contributed by atoms with Gasteiger partial charge in [-0.2, -0.15) is 5.26 Å². The summed E-state index contributed by atoms with van der Waals surface area (Å²) in [4.78, 5) is 13.3. The Hall–Kier alpha value is -2.06. The number of nitrogens with zero attached hydrogens (tertiary/aromatic N) is 2. The third-order valence-corrected chi connectivity index (χ3v) is 2.76. The molecule has 17 heavy (non-hydrogen) atoms. The van der Waals surface area contributed by atoms with Gasteiger partial charge in [-0.15, -0.1) is 0 Å². The Kier molecular flexibility index (Phi) is 2.98. The van der Waals surface area contributed by atoms with Crippen LogP contribution in [0.5, 0.6) is 0 Å². The number of methoxy groups -OCH3 is 1. The van der Waals surface area contributed by atoms with E-state index in [9.17, 15) is 9.90 Å². The smallest absolute Gasteiger partial charge is 0.339 e. The molecule has 1 saturated heterocycles. The molecule has 0 radical (unpaired) electrons. The molecule has 5 heteroatoms. The number of ether oxygens (including phenoxy) is 1. The maximum absolute atomic E-state index is 11.4. The lowest BCUT2D eigenvalue weighted by molar-refractivity contribution is 0.0600. The summed E-state index contributed by atoms with van der Waals surface area (Å²) >= 11 is 0. The van der Waals surface area contributed by atoms with Crippen molar-refractivity contribution in [2.75, 3.05) is 25.1 Å². The molecular formula is C12H12N2O3. The predicted molar refractivity (Wildman–Crippen MR) is 60.7 cm³/mol. The van der Waals surface area contributed by atoms with Gasteiger partial charge >= 0.3 is 5.97 Å². The normalized spacial score (nSPS) is 15.0. The minimum atomic E-state index is -0.517. The first-order valence-electron chi connectivity index (χ1n) is 5.21. The molecule has 0 amide bonds. The van der Waals surface area contributed by atoms with E-state index in [1.165, 1.54) is 7.11 Å². The van der Waals surface area contributed by atoms with Crippen LogP contribution in [0.1, 0.15) is 15.9 Å². The minimum Gasteiger partial charge on any atom is -0.465 e. The summed E-state index contributed by atoms with van der Waals surface area (Å²) in [5.74, 6) is -0.517. The van der Waals surface area contributed by atoms with E-state index in [0.717, 1.165) is 5.69 Å². The van der Waals surface area contributed by atoms with Crippen LogP contribution in [0.2, 0.25) is 0 Å². The number of aliphatic hydroxyl groups is 1. The molecule has 1 fully saturated rings. The van der Waals surface area contributed by atoms with Crippen LogP contribution >= 0.6 is 0 Å². The number of rotatable bonds is 2. The van der Waals surface area contributed by atoms with Gasteiger partial charge in [0.05, 0.1) is 24.3 Å². The Balaban J connectivity index is 2.29. The molecule has 0 aliphatic carbocycles. The molecule has 1 heterocycles. The zero-order valence-electron chi connectivity index (χ0n) is 9.38. The standard InChI is InChI=1S/C12H12N2O3/c1-17-12(16)11-3-2-9(4-8(11)5-13)14-6-10(15)7-14/h2-4,10,15H,6-7H2,1H3. The third kappa shape index (κ3) is 2.08. The van der Waals surface area contributed by atoms with E-state index in [2.05, 4.69) is 4.74 Å².